The van der Waals surface area contributed by atoms with Gasteiger partial charge in [-0.05, 0) is 24.4 Å². The molecule has 5 nitrogen and oxygen atoms in total. The molecule has 0 aliphatic rings. The van der Waals surface area contributed by atoms with Crippen LogP contribution in [0.25, 0.3) is 0 Å². The average Bonchev–Trinajstić information content (AvgIpc) is 1.87. The fourth-order valence-electron chi connectivity index (χ4n) is 0.135. The SMILES string of the molecule is CC(=O)N(N)C(O)=S.OC=S.[KH]. The van der Waals surface area contributed by atoms with E-state index in [0.29, 0.717) is 10.6 Å². The van der Waals surface area contributed by atoms with Gasteiger partial charge in [0.1, 0.15) is 5.55 Å². The van der Waals surface area contributed by atoms with Crippen LogP contribution in [0.1, 0.15) is 6.92 Å². The predicted octanol–water partition coefficient (Wildman–Crippen LogP) is -0.595. The number of aliphatic hydroxyl groups is 2. The molecule has 4 N–H and O–H groups in total. The van der Waals surface area contributed by atoms with E-state index in [-0.39, 0.29) is 51.4 Å². The number of carbonyl (C=O) groups is 1. The molecule has 0 heterocycles. The molecule has 0 bridgehead atoms. The predicted molar refractivity (Wildman–Crippen MR) is 55.4 cm³/mol. The quantitative estimate of drug-likeness (QED) is 0.171. The number of thiocarbonyl (C=S) groups is 2. The molecule has 0 radical (unpaired) electrons. The van der Waals surface area contributed by atoms with Crippen molar-refractivity contribution in [3.63, 3.8) is 0 Å². The van der Waals surface area contributed by atoms with Gasteiger partial charge in [0.05, 0.1) is 0 Å². The first-order chi connectivity index (χ1) is 4.97. The zero-order valence-corrected chi connectivity index (χ0v) is 7.35. The summed E-state index contributed by atoms with van der Waals surface area (Å²) in [5, 5.41) is 15.4. The second-order valence-corrected chi connectivity index (χ2v) is 1.85. The maximum absolute atomic E-state index is 10.1. The van der Waals surface area contributed by atoms with Crippen LogP contribution >= 0.6 is 24.4 Å². The minimum atomic E-state index is -0.613. The van der Waals surface area contributed by atoms with E-state index in [0.717, 1.165) is 0 Å². The van der Waals surface area contributed by atoms with Crippen molar-refractivity contribution in [1.29, 1.82) is 0 Å². The fourth-order valence-corrected chi connectivity index (χ4v) is 0.263. The number of amides is 1. The van der Waals surface area contributed by atoms with E-state index in [1.807, 2.05) is 0 Å². The Kier molecular flexibility index (Phi) is 18.4. The Balaban J connectivity index is -0.000000177. The molecule has 0 aliphatic carbocycles. The van der Waals surface area contributed by atoms with Gasteiger partial charge < -0.3 is 10.2 Å². The van der Waals surface area contributed by atoms with Gasteiger partial charge in [-0.1, -0.05) is 0 Å². The van der Waals surface area contributed by atoms with Crippen LogP contribution < -0.4 is 5.84 Å². The average molecular weight is 236 g/mol. The third kappa shape index (κ3) is 13.4. The van der Waals surface area contributed by atoms with Crippen LogP contribution in [0, 0.1) is 0 Å². The number of nitrogens with two attached hydrogens (primary N) is 1. The van der Waals surface area contributed by atoms with E-state index < -0.39 is 11.1 Å². The van der Waals surface area contributed by atoms with Gasteiger partial charge in [0, 0.05) is 6.92 Å². The van der Waals surface area contributed by atoms with E-state index in [4.69, 9.17) is 16.1 Å². The van der Waals surface area contributed by atoms with Crippen LogP contribution in [0.15, 0.2) is 0 Å². The van der Waals surface area contributed by atoms with Crippen molar-refractivity contribution in [3.05, 3.63) is 0 Å². The van der Waals surface area contributed by atoms with E-state index in [1.54, 1.807) is 0 Å². The molecule has 12 heavy (non-hydrogen) atoms. The van der Waals surface area contributed by atoms with Crippen LogP contribution in [0.2, 0.25) is 0 Å². The molecule has 0 spiro atoms. The summed E-state index contributed by atoms with van der Waals surface area (Å²) in [5.74, 6) is 4.36. The molecule has 0 aromatic carbocycles. The van der Waals surface area contributed by atoms with Crippen molar-refractivity contribution >= 4 is 92.5 Å². The molecule has 66 valence electrons. The second-order valence-electron chi connectivity index (χ2n) is 1.28. The normalized spacial score (nSPS) is 6.50. The van der Waals surface area contributed by atoms with Crippen LogP contribution in [-0.4, -0.2) is 83.2 Å². The molecule has 0 saturated carbocycles. The van der Waals surface area contributed by atoms with Gasteiger partial charge in [0.25, 0.3) is 5.17 Å². The molecule has 8 heteroatoms. The molecule has 1 amide bonds. The zero-order chi connectivity index (χ0) is 9.44. The van der Waals surface area contributed by atoms with Gasteiger partial charge in [-0.15, -0.1) is 0 Å². The van der Waals surface area contributed by atoms with Gasteiger partial charge >= 0.3 is 51.4 Å². The summed E-state index contributed by atoms with van der Waals surface area (Å²) >= 11 is 7.95. The maximum atomic E-state index is 10.1. The van der Waals surface area contributed by atoms with Gasteiger partial charge in [-0.2, -0.15) is 0 Å². The van der Waals surface area contributed by atoms with Gasteiger partial charge in [0.2, 0.25) is 5.91 Å². The number of hydrogen-bond donors (Lipinski definition) is 3. The van der Waals surface area contributed by atoms with Crippen LogP contribution in [0.4, 0.5) is 0 Å². The third-order valence-electron chi connectivity index (χ3n) is 0.545. The molecular weight excluding hydrogens is 227 g/mol. The van der Waals surface area contributed by atoms with Crippen molar-refractivity contribution in [2.45, 2.75) is 6.92 Å². The minimum absolute atomic E-state index is 0. The van der Waals surface area contributed by atoms with Gasteiger partial charge in [-0.3, -0.25) is 4.79 Å². The standard InChI is InChI=1S/C3H6N2O2S.CH2OS.K.H/c1-2(6)5(4)3(7)8;2-1-3;;/h4H2,1H3,(H,7,8);1H,(H,2,3);;. The molecule has 0 aliphatic heterocycles. The number of rotatable bonds is 0. The summed E-state index contributed by atoms with van der Waals surface area (Å²) in [6, 6.07) is 0. The number of aliphatic hydroxyl groups excluding tert-OH is 2. The number of hydrogen-bond acceptors (Lipinski definition) is 4. The van der Waals surface area contributed by atoms with E-state index >= 15 is 0 Å². The van der Waals surface area contributed by atoms with Crippen molar-refractivity contribution in [3.8, 4) is 0 Å². The second kappa shape index (κ2) is 11.8. The Morgan fingerprint density at radius 1 is 1.67 bits per heavy atom. The molecular formula is C4H9KN2O3S2. The number of carbonyl (C=O) groups excluding carboxylic acids is 1. The van der Waals surface area contributed by atoms with Gasteiger partial charge in [-0.25, -0.2) is 10.9 Å². The number of nitrogens with zero attached hydrogens (tertiary/aromatic N) is 1. The van der Waals surface area contributed by atoms with Crippen molar-refractivity contribution in [1.82, 2.24) is 5.01 Å². The summed E-state index contributed by atoms with van der Waals surface area (Å²) in [5.41, 5.74) is 0.583. The summed E-state index contributed by atoms with van der Waals surface area (Å²) < 4.78 is 0. The Morgan fingerprint density at radius 2 is 1.92 bits per heavy atom. The first kappa shape index (κ1) is 18.6. The van der Waals surface area contributed by atoms with Crippen LogP contribution in [-0.2, 0) is 4.79 Å². The zero-order valence-electron chi connectivity index (χ0n) is 5.72. The van der Waals surface area contributed by atoms with Crippen LogP contribution in [0.5, 0.6) is 0 Å². The molecule has 0 fully saturated rings. The Morgan fingerprint density at radius 3 is 1.92 bits per heavy atom. The van der Waals surface area contributed by atoms with Crippen LogP contribution in [0.3, 0.4) is 0 Å². The fraction of sp³-hybridized carbons (Fsp3) is 0.250. The first-order valence-electron chi connectivity index (χ1n) is 2.33. The Labute approximate surface area is 123 Å². The van der Waals surface area contributed by atoms with Crippen molar-refractivity contribution < 1.29 is 15.0 Å². The topological polar surface area (TPSA) is 86.8 Å². The van der Waals surface area contributed by atoms with E-state index in [9.17, 15) is 4.79 Å². The first-order valence-corrected chi connectivity index (χ1v) is 3.21. The molecule has 0 unspecified atom stereocenters. The summed E-state index contributed by atoms with van der Waals surface area (Å²) in [6.45, 7) is 1.20. The molecule has 0 rings (SSSR count). The van der Waals surface area contributed by atoms with Crippen molar-refractivity contribution in [2.75, 3.05) is 0 Å². The molecule has 0 aromatic heterocycles. The van der Waals surface area contributed by atoms with Gasteiger partial charge in [0.15, 0.2) is 0 Å². The number of hydrazine groups is 1. The molecule has 0 saturated heterocycles. The Bertz CT molecular complexity index is 152. The monoisotopic (exact) mass is 236 g/mol. The molecule has 0 atom stereocenters. The van der Waals surface area contributed by atoms with E-state index in [2.05, 4.69) is 24.4 Å². The van der Waals surface area contributed by atoms with Crippen molar-refractivity contribution in [2.24, 2.45) is 5.84 Å². The summed E-state index contributed by atoms with van der Waals surface area (Å²) in [7, 11) is 0. The summed E-state index contributed by atoms with van der Waals surface area (Å²) in [4.78, 5) is 10.1. The summed E-state index contributed by atoms with van der Waals surface area (Å²) in [6.07, 6.45) is 0. The molecule has 0 aromatic rings. The Hall–Kier alpha value is 0.846. The van der Waals surface area contributed by atoms with E-state index in [1.165, 1.54) is 6.92 Å². The third-order valence-corrected chi connectivity index (χ3v) is 0.742.